The van der Waals surface area contributed by atoms with Crippen LogP contribution in [0.3, 0.4) is 0 Å². The van der Waals surface area contributed by atoms with Gasteiger partial charge in [-0.2, -0.15) is 0 Å². The molecule has 0 spiro atoms. The fourth-order valence-corrected chi connectivity index (χ4v) is 3.21. The Morgan fingerprint density at radius 1 is 1.09 bits per heavy atom. The van der Waals surface area contributed by atoms with Crippen molar-refractivity contribution in [3.05, 3.63) is 17.7 Å². The minimum Gasteiger partial charge on any atom is -0.493 e. The summed E-state index contributed by atoms with van der Waals surface area (Å²) >= 11 is 0. The van der Waals surface area contributed by atoms with Gasteiger partial charge in [0.05, 0.1) is 27.8 Å². The first-order chi connectivity index (χ1) is 11.1. The van der Waals surface area contributed by atoms with Crippen molar-refractivity contribution in [1.29, 1.82) is 0 Å². The summed E-state index contributed by atoms with van der Waals surface area (Å²) in [6.45, 7) is 2.21. The van der Waals surface area contributed by atoms with E-state index in [4.69, 9.17) is 14.2 Å². The third-order valence-electron chi connectivity index (χ3n) is 4.55. The fourth-order valence-electron chi connectivity index (χ4n) is 3.21. The van der Waals surface area contributed by atoms with Gasteiger partial charge < -0.3 is 19.5 Å². The van der Waals surface area contributed by atoms with E-state index in [0.29, 0.717) is 35.6 Å². The third-order valence-corrected chi connectivity index (χ3v) is 4.55. The third kappa shape index (κ3) is 4.30. The number of methoxy groups -OCH3 is 3. The molecule has 1 saturated carbocycles. The minimum absolute atomic E-state index is 0.0398. The quantitative estimate of drug-likeness (QED) is 0.875. The van der Waals surface area contributed by atoms with Gasteiger partial charge in [0.25, 0.3) is 0 Å². The summed E-state index contributed by atoms with van der Waals surface area (Å²) in [4.78, 5) is 12.4. The molecular weight excluding hydrogens is 294 g/mol. The Morgan fingerprint density at radius 3 is 2.22 bits per heavy atom. The summed E-state index contributed by atoms with van der Waals surface area (Å²) in [5, 5.41) is 3.17. The molecule has 128 valence electrons. The van der Waals surface area contributed by atoms with Gasteiger partial charge in [0.15, 0.2) is 11.5 Å². The number of rotatable bonds is 6. The zero-order chi connectivity index (χ0) is 16.8. The first-order valence-electron chi connectivity index (χ1n) is 8.17. The Hall–Kier alpha value is -1.91. The molecule has 0 aromatic heterocycles. The van der Waals surface area contributed by atoms with Gasteiger partial charge >= 0.3 is 0 Å². The highest BCUT2D eigenvalue weighted by Crippen LogP contribution is 2.38. The van der Waals surface area contributed by atoms with Crippen molar-refractivity contribution in [2.75, 3.05) is 21.3 Å². The molecule has 1 aromatic rings. The van der Waals surface area contributed by atoms with Gasteiger partial charge in [-0.25, -0.2) is 0 Å². The highest BCUT2D eigenvalue weighted by atomic mass is 16.5. The number of carbonyl (C=O) groups excluding carboxylic acids is 1. The number of nitrogens with one attached hydrogen (secondary N) is 1. The molecule has 0 heterocycles. The maximum atomic E-state index is 12.4. The van der Waals surface area contributed by atoms with Gasteiger partial charge in [0.2, 0.25) is 11.7 Å². The number of amides is 1. The Kier molecular flexibility index (Phi) is 6.13. The zero-order valence-electron chi connectivity index (χ0n) is 14.5. The first-order valence-corrected chi connectivity index (χ1v) is 8.17. The molecule has 0 unspecified atom stereocenters. The molecule has 0 radical (unpaired) electrons. The molecule has 1 aliphatic carbocycles. The lowest BCUT2D eigenvalue weighted by Crippen LogP contribution is -2.41. The monoisotopic (exact) mass is 321 g/mol. The summed E-state index contributed by atoms with van der Waals surface area (Å²) in [5.41, 5.74) is 0.848. The molecular formula is C18H27NO4. The molecule has 0 aliphatic heterocycles. The zero-order valence-corrected chi connectivity index (χ0v) is 14.5. The maximum Gasteiger partial charge on any atom is 0.224 e. The summed E-state index contributed by atoms with van der Waals surface area (Å²) in [6.07, 6.45) is 5.02. The predicted octanol–water partition coefficient (Wildman–Crippen LogP) is 2.95. The highest BCUT2D eigenvalue weighted by Gasteiger charge is 2.23. The van der Waals surface area contributed by atoms with Crippen molar-refractivity contribution in [1.82, 2.24) is 5.32 Å². The van der Waals surface area contributed by atoms with E-state index in [1.165, 1.54) is 19.3 Å². The van der Waals surface area contributed by atoms with Crippen molar-refractivity contribution in [2.45, 2.75) is 45.1 Å². The number of carbonyl (C=O) groups is 1. The van der Waals surface area contributed by atoms with Crippen LogP contribution in [0.5, 0.6) is 17.2 Å². The van der Waals surface area contributed by atoms with Crippen molar-refractivity contribution < 1.29 is 19.0 Å². The van der Waals surface area contributed by atoms with E-state index in [1.54, 1.807) is 21.3 Å². The topological polar surface area (TPSA) is 56.8 Å². The average molecular weight is 321 g/mol. The Bertz CT molecular complexity index is 519. The van der Waals surface area contributed by atoms with Gasteiger partial charge in [-0.15, -0.1) is 0 Å². The standard InChI is InChI=1S/C18H27NO4/c1-12-7-5-6-8-14(12)19-17(20)11-13-9-15(21-2)18(23-4)16(10-13)22-3/h9-10,12,14H,5-8,11H2,1-4H3,(H,19,20)/t12-,14+/m0/s1. The molecule has 1 aromatic carbocycles. The molecule has 5 nitrogen and oxygen atoms in total. The molecule has 23 heavy (non-hydrogen) atoms. The van der Waals surface area contributed by atoms with Crippen LogP contribution in [0.4, 0.5) is 0 Å². The molecule has 0 saturated heterocycles. The first kappa shape index (κ1) is 17.4. The lowest BCUT2D eigenvalue weighted by atomic mass is 9.86. The van der Waals surface area contributed by atoms with Crippen LogP contribution in [-0.2, 0) is 11.2 Å². The second kappa shape index (κ2) is 8.09. The van der Waals surface area contributed by atoms with E-state index in [9.17, 15) is 4.79 Å². The number of hydrogen-bond acceptors (Lipinski definition) is 4. The minimum atomic E-state index is 0.0398. The van der Waals surface area contributed by atoms with Gasteiger partial charge in [-0.05, 0) is 36.5 Å². The van der Waals surface area contributed by atoms with Crippen molar-refractivity contribution in [3.8, 4) is 17.2 Å². The summed E-state index contributed by atoms with van der Waals surface area (Å²) in [5.74, 6) is 2.27. The molecule has 1 N–H and O–H groups in total. The molecule has 1 fully saturated rings. The molecule has 2 rings (SSSR count). The van der Waals surface area contributed by atoms with E-state index in [-0.39, 0.29) is 5.91 Å². The molecule has 0 bridgehead atoms. The average Bonchev–Trinajstić information content (AvgIpc) is 2.55. The van der Waals surface area contributed by atoms with Crippen molar-refractivity contribution in [3.63, 3.8) is 0 Å². The smallest absolute Gasteiger partial charge is 0.224 e. The van der Waals surface area contributed by atoms with Crippen molar-refractivity contribution in [2.24, 2.45) is 5.92 Å². The van der Waals surface area contributed by atoms with Crippen LogP contribution in [-0.4, -0.2) is 33.3 Å². The highest BCUT2D eigenvalue weighted by molar-refractivity contribution is 5.79. The van der Waals surface area contributed by atoms with E-state index in [2.05, 4.69) is 12.2 Å². The van der Waals surface area contributed by atoms with E-state index in [1.807, 2.05) is 12.1 Å². The number of benzene rings is 1. The Balaban J connectivity index is 2.08. The largest absolute Gasteiger partial charge is 0.493 e. The van der Waals surface area contributed by atoms with Crippen LogP contribution < -0.4 is 19.5 Å². The molecule has 2 atom stereocenters. The molecule has 1 amide bonds. The van der Waals surface area contributed by atoms with Crippen LogP contribution >= 0.6 is 0 Å². The lowest BCUT2D eigenvalue weighted by Gasteiger charge is -2.29. The summed E-state index contributed by atoms with van der Waals surface area (Å²) < 4.78 is 16.0. The van der Waals surface area contributed by atoms with Crippen LogP contribution in [0.15, 0.2) is 12.1 Å². The Morgan fingerprint density at radius 2 is 1.70 bits per heavy atom. The van der Waals surface area contributed by atoms with E-state index < -0.39 is 0 Å². The van der Waals surface area contributed by atoms with Crippen LogP contribution in [0.2, 0.25) is 0 Å². The van der Waals surface area contributed by atoms with Gasteiger partial charge in [0, 0.05) is 6.04 Å². The van der Waals surface area contributed by atoms with Gasteiger partial charge in [-0.3, -0.25) is 4.79 Å². The van der Waals surface area contributed by atoms with Gasteiger partial charge in [0.1, 0.15) is 0 Å². The van der Waals surface area contributed by atoms with Gasteiger partial charge in [-0.1, -0.05) is 19.8 Å². The van der Waals surface area contributed by atoms with E-state index in [0.717, 1.165) is 12.0 Å². The van der Waals surface area contributed by atoms with Crippen LogP contribution in [0.1, 0.15) is 38.2 Å². The summed E-state index contributed by atoms with van der Waals surface area (Å²) in [6, 6.07) is 3.94. The number of hydrogen-bond donors (Lipinski definition) is 1. The van der Waals surface area contributed by atoms with Crippen LogP contribution in [0.25, 0.3) is 0 Å². The molecule has 1 aliphatic rings. The normalized spacial score (nSPS) is 20.7. The fraction of sp³-hybridized carbons (Fsp3) is 0.611. The summed E-state index contributed by atoms with van der Waals surface area (Å²) in [7, 11) is 4.72. The molecule has 5 heteroatoms. The maximum absolute atomic E-state index is 12.4. The Labute approximate surface area is 138 Å². The second-order valence-electron chi connectivity index (χ2n) is 6.15. The lowest BCUT2D eigenvalue weighted by molar-refractivity contribution is -0.121. The second-order valence-corrected chi connectivity index (χ2v) is 6.15. The SMILES string of the molecule is COc1cc(CC(=O)N[C@@H]2CCCC[C@@H]2C)cc(OC)c1OC. The number of ether oxygens (including phenoxy) is 3. The predicted molar refractivity (Wildman–Crippen MR) is 89.4 cm³/mol. The van der Waals surface area contributed by atoms with Crippen molar-refractivity contribution >= 4 is 5.91 Å². The van der Waals surface area contributed by atoms with Crippen LogP contribution in [0, 0.1) is 5.92 Å². The van der Waals surface area contributed by atoms with E-state index >= 15 is 0 Å².